The predicted octanol–water partition coefficient (Wildman–Crippen LogP) is 4.13. The molecule has 2 aromatic carbocycles. The number of fused-ring (bicyclic) bond motifs is 1. The number of aromatic amines is 1. The Bertz CT molecular complexity index is 1420. The highest BCUT2D eigenvalue weighted by Crippen LogP contribution is 2.35. The van der Waals surface area contributed by atoms with E-state index in [1.54, 1.807) is 37.6 Å². The molecule has 0 amide bonds. The molecule has 2 N–H and O–H groups in total. The van der Waals surface area contributed by atoms with Crippen LogP contribution in [0.3, 0.4) is 0 Å². The lowest BCUT2D eigenvalue weighted by atomic mass is 10.0. The van der Waals surface area contributed by atoms with Crippen LogP contribution in [0, 0.1) is 0 Å². The van der Waals surface area contributed by atoms with E-state index in [0.29, 0.717) is 33.9 Å². The van der Waals surface area contributed by atoms with Crippen molar-refractivity contribution in [2.24, 2.45) is 0 Å². The van der Waals surface area contributed by atoms with Gasteiger partial charge in [-0.3, -0.25) is 9.78 Å². The summed E-state index contributed by atoms with van der Waals surface area (Å²) in [5, 5.41) is 15.4. The van der Waals surface area contributed by atoms with E-state index in [1.165, 1.54) is 4.52 Å². The van der Waals surface area contributed by atoms with Crippen molar-refractivity contribution >= 4 is 5.65 Å². The molecule has 0 bridgehead atoms. The summed E-state index contributed by atoms with van der Waals surface area (Å²) in [7, 11) is 1.57. The topological polar surface area (TPSA) is 92.5 Å². The number of benzene rings is 2. The van der Waals surface area contributed by atoms with Gasteiger partial charge in [0.2, 0.25) is 5.88 Å². The first-order valence-corrected chi connectivity index (χ1v) is 9.66. The van der Waals surface area contributed by atoms with Crippen molar-refractivity contribution in [2.45, 2.75) is 0 Å². The number of rotatable bonds is 4. The Morgan fingerprint density at radius 1 is 0.903 bits per heavy atom. The maximum absolute atomic E-state index is 13.4. The number of aromatic nitrogens is 4. The van der Waals surface area contributed by atoms with Gasteiger partial charge in [0.1, 0.15) is 22.7 Å². The van der Waals surface area contributed by atoms with Gasteiger partial charge in [-0.15, -0.1) is 0 Å². The molecule has 3 aromatic heterocycles. The minimum absolute atomic E-state index is 0.129. The number of hydrogen-bond donors (Lipinski definition) is 2. The minimum Gasteiger partial charge on any atom is -0.497 e. The second-order valence-corrected chi connectivity index (χ2v) is 6.95. The first-order valence-electron chi connectivity index (χ1n) is 9.66. The van der Waals surface area contributed by atoms with Gasteiger partial charge >= 0.3 is 0 Å². The van der Waals surface area contributed by atoms with Crippen LogP contribution in [0.2, 0.25) is 0 Å². The van der Waals surface area contributed by atoms with Crippen molar-refractivity contribution in [1.29, 1.82) is 0 Å². The van der Waals surface area contributed by atoms with Crippen molar-refractivity contribution in [1.82, 2.24) is 19.6 Å². The molecule has 0 radical (unpaired) electrons. The SMILES string of the molecule is COc1ccc(-c2c(O)[nH]c3c(-c4ccccc4)c(-c4ccccn4)nn3c2=O)cc1. The number of H-pyrrole nitrogens is 1. The van der Waals surface area contributed by atoms with E-state index >= 15 is 0 Å². The lowest BCUT2D eigenvalue weighted by Gasteiger charge is -2.07. The normalized spacial score (nSPS) is 11.0. The molecular weight excluding hydrogens is 392 g/mol. The van der Waals surface area contributed by atoms with Gasteiger partial charge in [0.15, 0.2) is 0 Å². The van der Waals surface area contributed by atoms with Crippen LogP contribution >= 0.6 is 0 Å². The molecule has 0 saturated heterocycles. The molecule has 7 heteroatoms. The van der Waals surface area contributed by atoms with Gasteiger partial charge in [0.25, 0.3) is 5.56 Å². The van der Waals surface area contributed by atoms with E-state index in [-0.39, 0.29) is 11.4 Å². The van der Waals surface area contributed by atoms with Gasteiger partial charge in [-0.2, -0.15) is 9.61 Å². The van der Waals surface area contributed by atoms with Crippen LogP contribution < -0.4 is 10.3 Å². The summed E-state index contributed by atoms with van der Waals surface area (Å²) in [5.41, 5.74) is 3.36. The van der Waals surface area contributed by atoms with Crippen LogP contribution in [0.15, 0.2) is 83.8 Å². The number of nitrogens with one attached hydrogen (secondary N) is 1. The molecule has 0 fully saturated rings. The highest BCUT2D eigenvalue weighted by molar-refractivity contribution is 5.90. The summed E-state index contributed by atoms with van der Waals surface area (Å²) in [6.45, 7) is 0. The Balaban J connectivity index is 1.82. The van der Waals surface area contributed by atoms with Crippen molar-refractivity contribution in [3.63, 3.8) is 0 Å². The van der Waals surface area contributed by atoms with E-state index in [0.717, 1.165) is 5.56 Å². The highest BCUT2D eigenvalue weighted by Gasteiger charge is 2.23. The van der Waals surface area contributed by atoms with Gasteiger partial charge in [-0.1, -0.05) is 48.5 Å². The maximum Gasteiger partial charge on any atom is 0.286 e. The zero-order valence-corrected chi connectivity index (χ0v) is 16.6. The Hall–Kier alpha value is -4.39. The van der Waals surface area contributed by atoms with Gasteiger partial charge in [-0.05, 0) is 35.4 Å². The molecule has 0 saturated carbocycles. The first-order chi connectivity index (χ1) is 15.2. The van der Waals surface area contributed by atoms with Crippen LogP contribution in [0.1, 0.15) is 0 Å². The zero-order chi connectivity index (χ0) is 21.4. The molecule has 0 atom stereocenters. The van der Waals surface area contributed by atoms with Crippen molar-refractivity contribution < 1.29 is 9.84 Å². The van der Waals surface area contributed by atoms with Gasteiger partial charge in [0, 0.05) is 6.20 Å². The van der Waals surface area contributed by atoms with E-state index in [4.69, 9.17) is 4.74 Å². The molecule has 0 spiro atoms. The summed E-state index contributed by atoms with van der Waals surface area (Å²) in [4.78, 5) is 20.8. The second kappa shape index (κ2) is 7.46. The summed E-state index contributed by atoms with van der Waals surface area (Å²) in [6.07, 6.45) is 1.68. The molecule has 5 aromatic rings. The Morgan fingerprint density at radius 2 is 1.61 bits per heavy atom. The monoisotopic (exact) mass is 410 g/mol. The Kier molecular flexibility index (Phi) is 4.48. The Morgan fingerprint density at radius 3 is 2.29 bits per heavy atom. The zero-order valence-electron chi connectivity index (χ0n) is 16.6. The third kappa shape index (κ3) is 3.12. The van der Waals surface area contributed by atoms with E-state index in [1.807, 2.05) is 48.5 Å². The average Bonchev–Trinajstić information content (AvgIpc) is 3.20. The molecule has 31 heavy (non-hydrogen) atoms. The van der Waals surface area contributed by atoms with Crippen LogP contribution in [-0.4, -0.2) is 31.8 Å². The van der Waals surface area contributed by atoms with Gasteiger partial charge < -0.3 is 14.8 Å². The van der Waals surface area contributed by atoms with E-state index in [2.05, 4.69) is 15.1 Å². The van der Waals surface area contributed by atoms with Crippen LogP contribution in [0.5, 0.6) is 11.6 Å². The number of ether oxygens (including phenoxy) is 1. The smallest absolute Gasteiger partial charge is 0.286 e. The molecule has 0 aliphatic rings. The fourth-order valence-electron chi connectivity index (χ4n) is 3.64. The molecule has 0 aliphatic heterocycles. The average molecular weight is 410 g/mol. The lowest BCUT2D eigenvalue weighted by molar-refractivity contribution is 0.415. The minimum atomic E-state index is -0.434. The Labute approximate surface area is 177 Å². The van der Waals surface area contributed by atoms with Crippen molar-refractivity contribution in [3.8, 4) is 45.3 Å². The van der Waals surface area contributed by atoms with E-state index < -0.39 is 5.56 Å². The predicted molar refractivity (Wildman–Crippen MR) is 118 cm³/mol. The largest absolute Gasteiger partial charge is 0.497 e. The van der Waals surface area contributed by atoms with Crippen LogP contribution in [-0.2, 0) is 0 Å². The maximum atomic E-state index is 13.4. The van der Waals surface area contributed by atoms with Crippen LogP contribution in [0.4, 0.5) is 0 Å². The standard InChI is InChI=1S/C24H18N4O3/c1-31-17-12-10-16(11-13-17)20-23(29)26-22-19(15-7-3-2-4-8-15)21(27-28(22)24(20)30)18-9-5-6-14-25-18/h2-14,26,29H,1H3. The summed E-state index contributed by atoms with van der Waals surface area (Å²) in [5.74, 6) is 0.427. The molecular formula is C24H18N4O3. The second-order valence-electron chi connectivity index (χ2n) is 6.95. The third-order valence-electron chi connectivity index (χ3n) is 5.11. The molecule has 0 unspecified atom stereocenters. The molecule has 7 nitrogen and oxygen atoms in total. The quantitative estimate of drug-likeness (QED) is 0.465. The summed E-state index contributed by atoms with van der Waals surface area (Å²) >= 11 is 0. The van der Waals surface area contributed by atoms with Crippen molar-refractivity contribution in [2.75, 3.05) is 7.11 Å². The lowest BCUT2D eigenvalue weighted by Crippen LogP contribution is -2.17. The number of pyridine rings is 1. The van der Waals surface area contributed by atoms with Gasteiger partial charge in [0.05, 0.1) is 18.4 Å². The summed E-state index contributed by atoms with van der Waals surface area (Å²) in [6, 6.07) is 22.0. The molecule has 3 heterocycles. The molecule has 5 rings (SSSR count). The third-order valence-corrected chi connectivity index (χ3v) is 5.11. The highest BCUT2D eigenvalue weighted by atomic mass is 16.5. The fraction of sp³-hybridized carbons (Fsp3) is 0.0417. The van der Waals surface area contributed by atoms with Gasteiger partial charge in [-0.25, -0.2) is 0 Å². The number of nitrogens with zero attached hydrogens (tertiary/aromatic N) is 3. The first kappa shape index (κ1) is 18.6. The van der Waals surface area contributed by atoms with Crippen molar-refractivity contribution in [3.05, 3.63) is 89.3 Å². The molecule has 152 valence electrons. The number of aromatic hydroxyl groups is 1. The molecule has 0 aliphatic carbocycles. The fourth-order valence-corrected chi connectivity index (χ4v) is 3.64. The van der Waals surface area contributed by atoms with Crippen LogP contribution in [0.25, 0.3) is 39.3 Å². The number of methoxy groups -OCH3 is 1. The van der Waals surface area contributed by atoms with E-state index in [9.17, 15) is 9.90 Å². The summed E-state index contributed by atoms with van der Waals surface area (Å²) < 4.78 is 6.46. The number of hydrogen-bond acceptors (Lipinski definition) is 5.